The lowest BCUT2D eigenvalue weighted by Gasteiger charge is -2.23. The topological polar surface area (TPSA) is 73.2 Å². The predicted octanol–water partition coefficient (Wildman–Crippen LogP) is 3.29. The summed E-state index contributed by atoms with van der Waals surface area (Å²) in [5.74, 6) is -0.302. The predicted molar refractivity (Wildman–Crippen MR) is 91.7 cm³/mol. The molecule has 6 heteroatoms. The van der Waals surface area contributed by atoms with Gasteiger partial charge in [0.05, 0.1) is 18.2 Å². The first-order valence-corrected chi connectivity index (χ1v) is 8.13. The molecular formula is C18H14BrN3O2. The van der Waals surface area contributed by atoms with Crippen LogP contribution in [0.2, 0.25) is 0 Å². The molecule has 3 amide bonds. The molecule has 3 rings (SSSR count). The van der Waals surface area contributed by atoms with Gasteiger partial charge in [0, 0.05) is 10.0 Å². The van der Waals surface area contributed by atoms with Crippen molar-refractivity contribution in [3.63, 3.8) is 0 Å². The molecule has 0 saturated carbocycles. The quantitative estimate of drug-likeness (QED) is 0.826. The van der Waals surface area contributed by atoms with Crippen LogP contribution in [0.4, 0.5) is 4.79 Å². The zero-order valence-corrected chi connectivity index (χ0v) is 14.5. The van der Waals surface area contributed by atoms with Gasteiger partial charge in [0.1, 0.15) is 5.54 Å². The molecule has 1 heterocycles. The largest absolute Gasteiger partial charge is 0.325 e. The monoisotopic (exact) mass is 383 g/mol. The summed E-state index contributed by atoms with van der Waals surface area (Å²) in [6.45, 7) is 1.86. The number of urea groups is 1. The van der Waals surface area contributed by atoms with Gasteiger partial charge < -0.3 is 5.32 Å². The van der Waals surface area contributed by atoms with Crippen LogP contribution in [0.5, 0.6) is 0 Å². The maximum absolute atomic E-state index is 12.9. The third kappa shape index (κ3) is 2.68. The average Bonchev–Trinajstić information content (AvgIpc) is 2.80. The standard InChI is InChI=1S/C18H14BrN3O2/c1-18(14-4-2-3-5-15(14)19)16(23)22(17(24)21-18)11-13-8-6-12(10-20)7-9-13/h2-9H,11H2,1H3,(H,21,24). The Hall–Kier alpha value is -2.65. The summed E-state index contributed by atoms with van der Waals surface area (Å²) >= 11 is 3.44. The van der Waals surface area contributed by atoms with E-state index in [0.29, 0.717) is 11.1 Å². The highest BCUT2D eigenvalue weighted by Gasteiger charge is 2.49. The average molecular weight is 384 g/mol. The van der Waals surface area contributed by atoms with Crippen molar-refractivity contribution in [2.24, 2.45) is 0 Å². The molecule has 2 aromatic rings. The third-order valence-corrected chi connectivity index (χ3v) is 4.80. The van der Waals surface area contributed by atoms with Gasteiger partial charge in [-0.05, 0) is 30.7 Å². The lowest BCUT2D eigenvalue weighted by molar-refractivity contribution is -0.131. The number of carbonyl (C=O) groups is 2. The van der Waals surface area contributed by atoms with Crippen molar-refractivity contribution in [2.45, 2.75) is 19.0 Å². The Morgan fingerprint density at radius 1 is 1.17 bits per heavy atom. The van der Waals surface area contributed by atoms with Gasteiger partial charge in [0.15, 0.2) is 0 Å². The molecule has 1 aliphatic heterocycles. The molecule has 2 aromatic carbocycles. The van der Waals surface area contributed by atoms with Crippen LogP contribution in [0.15, 0.2) is 53.0 Å². The van der Waals surface area contributed by atoms with E-state index in [1.54, 1.807) is 31.2 Å². The first-order valence-electron chi connectivity index (χ1n) is 7.34. The minimum absolute atomic E-state index is 0.163. The van der Waals surface area contributed by atoms with Gasteiger partial charge in [-0.2, -0.15) is 5.26 Å². The van der Waals surface area contributed by atoms with E-state index < -0.39 is 11.6 Å². The van der Waals surface area contributed by atoms with Gasteiger partial charge in [-0.15, -0.1) is 0 Å². The number of benzene rings is 2. The van der Waals surface area contributed by atoms with Gasteiger partial charge >= 0.3 is 6.03 Å². The molecule has 0 spiro atoms. The number of amides is 3. The van der Waals surface area contributed by atoms with Gasteiger partial charge in [-0.1, -0.05) is 46.3 Å². The summed E-state index contributed by atoms with van der Waals surface area (Å²) in [4.78, 5) is 26.4. The molecule has 120 valence electrons. The minimum Gasteiger partial charge on any atom is -0.319 e. The number of nitrogens with one attached hydrogen (secondary N) is 1. The fraction of sp³-hybridized carbons (Fsp3) is 0.167. The number of imide groups is 1. The highest BCUT2D eigenvalue weighted by molar-refractivity contribution is 9.10. The molecule has 1 atom stereocenters. The lowest BCUT2D eigenvalue weighted by Crippen LogP contribution is -2.41. The number of carbonyl (C=O) groups excluding carboxylic acids is 2. The first kappa shape index (κ1) is 16.2. The zero-order chi connectivity index (χ0) is 17.3. The third-order valence-electron chi connectivity index (χ3n) is 4.11. The Balaban J connectivity index is 1.89. The Kier molecular flexibility index (Phi) is 4.12. The Bertz CT molecular complexity index is 857. The van der Waals surface area contributed by atoms with Crippen molar-refractivity contribution < 1.29 is 9.59 Å². The van der Waals surface area contributed by atoms with Gasteiger partial charge in [-0.3, -0.25) is 9.69 Å². The fourth-order valence-electron chi connectivity index (χ4n) is 2.76. The molecule has 0 bridgehead atoms. The van der Waals surface area contributed by atoms with Crippen LogP contribution in [0, 0.1) is 11.3 Å². The SMILES string of the molecule is CC1(c2ccccc2Br)NC(=O)N(Cc2ccc(C#N)cc2)C1=O. The number of rotatable bonds is 3. The van der Waals surface area contributed by atoms with Crippen LogP contribution >= 0.6 is 15.9 Å². The molecule has 1 fully saturated rings. The Morgan fingerprint density at radius 3 is 2.46 bits per heavy atom. The number of hydrogen-bond donors (Lipinski definition) is 1. The molecule has 1 aliphatic rings. The minimum atomic E-state index is -1.11. The number of hydrogen-bond acceptors (Lipinski definition) is 3. The summed E-state index contributed by atoms with van der Waals surface area (Å²) in [5.41, 5.74) is 0.928. The second kappa shape index (κ2) is 6.10. The van der Waals surface area contributed by atoms with E-state index in [1.165, 1.54) is 4.90 Å². The van der Waals surface area contributed by atoms with E-state index in [4.69, 9.17) is 5.26 Å². The van der Waals surface area contributed by atoms with Crippen LogP contribution in [-0.2, 0) is 16.9 Å². The highest BCUT2D eigenvalue weighted by Crippen LogP contribution is 2.34. The van der Waals surface area contributed by atoms with Crippen LogP contribution in [0.1, 0.15) is 23.6 Å². The molecule has 5 nitrogen and oxygen atoms in total. The summed E-state index contributed by atoms with van der Waals surface area (Å²) < 4.78 is 0.765. The summed E-state index contributed by atoms with van der Waals surface area (Å²) in [5, 5.41) is 11.6. The molecule has 1 saturated heterocycles. The molecule has 1 N–H and O–H groups in total. The number of halogens is 1. The van der Waals surface area contributed by atoms with E-state index in [1.807, 2.05) is 30.3 Å². The van der Waals surface area contributed by atoms with E-state index in [-0.39, 0.29) is 12.5 Å². The summed E-state index contributed by atoms with van der Waals surface area (Å²) in [6, 6.07) is 15.8. The highest BCUT2D eigenvalue weighted by atomic mass is 79.9. The van der Waals surface area contributed by atoms with E-state index in [9.17, 15) is 9.59 Å². The molecular weight excluding hydrogens is 370 g/mol. The first-order chi connectivity index (χ1) is 11.5. The van der Waals surface area contributed by atoms with Crippen LogP contribution < -0.4 is 5.32 Å². The maximum atomic E-state index is 12.9. The molecule has 24 heavy (non-hydrogen) atoms. The maximum Gasteiger partial charge on any atom is 0.325 e. The molecule has 0 aromatic heterocycles. The van der Waals surface area contributed by atoms with Crippen molar-refractivity contribution >= 4 is 27.9 Å². The van der Waals surface area contributed by atoms with E-state index in [0.717, 1.165) is 10.0 Å². The van der Waals surface area contributed by atoms with E-state index >= 15 is 0 Å². The Labute approximate surface area is 148 Å². The molecule has 0 radical (unpaired) electrons. The lowest BCUT2D eigenvalue weighted by atomic mass is 9.92. The second-order valence-electron chi connectivity index (χ2n) is 5.74. The van der Waals surface area contributed by atoms with E-state index in [2.05, 4.69) is 21.2 Å². The van der Waals surface area contributed by atoms with Crippen molar-refractivity contribution in [1.29, 1.82) is 5.26 Å². The van der Waals surface area contributed by atoms with Gasteiger partial charge in [0.25, 0.3) is 5.91 Å². The summed E-state index contributed by atoms with van der Waals surface area (Å²) in [6.07, 6.45) is 0. The molecule has 1 unspecified atom stereocenters. The smallest absolute Gasteiger partial charge is 0.319 e. The molecule has 0 aliphatic carbocycles. The Morgan fingerprint density at radius 2 is 1.83 bits per heavy atom. The fourth-order valence-corrected chi connectivity index (χ4v) is 3.44. The number of nitriles is 1. The van der Waals surface area contributed by atoms with Crippen molar-refractivity contribution in [2.75, 3.05) is 0 Å². The summed E-state index contributed by atoms with van der Waals surface area (Å²) in [7, 11) is 0. The van der Waals surface area contributed by atoms with Crippen LogP contribution in [0.3, 0.4) is 0 Å². The van der Waals surface area contributed by atoms with Gasteiger partial charge in [-0.25, -0.2) is 4.79 Å². The van der Waals surface area contributed by atoms with Crippen molar-refractivity contribution in [3.8, 4) is 6.07 Å². The van der Waals surface area contributed by atoms with Crippen molar-refractivity contribution in [1.82, 2.24) is 10.2 Å². The number of nitrogens with zero attached hydrogens (tertiary/aromatic N) is 2. The van der Waals surface area contributed by atoms with Crippen LogP contribution in [-0.4, -0.2) is 16.8 Å². The van der Waals surface area contributed by atoms with Crippen LogP contribution in [0.25, 0.3) is 0 Å². The normalized spacial score (nSPS) is 20.0. The van der Waals surface area contributed by atoms with Gasteiger partial charge in [0.2, 0.25) is 0 Å². The second-order valence-corrected chi connectivity index (χ2v) is 6.59. The zero-order valence-electron chi connectivity index (χ0n) is 12.9. The van der Waals surface area contributed by atoms with Crippen molar-refractivity contribution in [3.05, 3.63) is 69.7 Å².